The zero-order valence-electron chi connectivity index (χ0n) is 25.7. The molecule has 0 bridgehead atoms. The molecule has 0 aliphatic heterocycles. The van der Waals surface area contributed by atoms with Crippen LogP contribution in [0.5, 0.6) is 0 Å². The first-order valence-electron chi connectivity index (χ1n) is 16.9. The van der Waals surface area contributed by atoms with Crippen molar-refractivity contribution >= 4 is 0 Å². The third kappa shape index (κ3) is 30.1. The van der Waals surface area contributed by atoms with Gasteiger partial charge in [-0.1, -0.05) is 168 Å². The molecule has 0 atom stereocenters. The lowest BCUT2D eigenvalue weighted by atomic mass is 10.0. The lowest BCUT2D eigenvalue weighted by molar-refractivity contribution is -0.890. The Morgan fingerprint density at radius 1 is 0.257 bits per heavy atom. The maximum absolute atomic E-state index is 2.46. The number of hydrogen-bond acceptors (Lipinski definition) is 0. The highest BCUT2D eigenvalue weighted by Crippen LogP contribution is 2.15. The summed E-state index contributed by atoms with van der Waals surface area (Å²) in [6.07, 6.45) is 41.0. The summed E-state index contributed by atoms with van der Waals surface area (Å²) < 4.78 is 1.25. The molecular weight excluding hydrogens is 422 g/mol. The van der Waals surface area contributed by atoms with Gasteiger partial charge in [0.15, 0.2) is 0 Å². The molecule has 1 nitrogen and oxygen atoms in total. The van der Waals surface area contributed by atoms with Crippen molar-refractivity contribution < 1.29 is 4.48 Å². The molecule has 0 spiro atoms. The molecule has 0 rings (SSSR count). The van der Waals surface area contributed by atoms with Crippen LogP contribution in [0.15, 0.2) is 0 Å². The summed E-state index contributed by atoms with van der Waals surface area (Å²) in [5.41, 5.74) is 0. The molecular formula is C34H72N+. The molecule has 0 heterocycles. The van der Waals surface area contributed by atoms with Crippen molar-refractivity contribution in [3.05, 3.63) is 0 Å². The Bertz CT molecular complexity index is 375. The van der Waals surface area contributed by atoms with Gasteiger partial charge in [0.1, 0.15) is 0 Å². The highest BCUT2D eigenvalue weighted by Gasteiger charge is 2.13. The Morgan fingerprint density at radius 2 is 0.429 bits per heavy atom. The monoisotopic (exact) mass is 495 g/mol. The van der Waals surface area contributed by atoms with Crippen molar-refractivity contribution in [3.63, 3.8) is 0 Å². The summed E-state index contributed by atoms with van der Waals surface area (Å²) in [7, 11) is 4.92. The predicted octanol–water partition coefficient (Wildman–Crippen LogP) is 12.0. The van der Waals surface area contributed by atoms with Gasteiger partial charge in [0.25, 0.3) is 0 Å². The van der Waals surface area contributed by atoms with E-state index in [0.29, 0.717) is 0 Å². The smallest absolute Gasteiger partial charge is 0.0782 e. The number of nitrogens with zero attached hydrogens (tertiary/aromatic N) is 1. The maximum Gasteiger partial charge on any atom is 0.0782 e. The van der Waals surface area contributed by atoms with E-state index in [1.54, 1.807) is 0 Å². The van der Waals surface area contributed by atoms with Gasteiger partial charge in [-0.25, -0.2) is 0 Å². The molecule has 0 saturated carbocycles. The molecule has 0 aromatic carbocycles. The van der Waals surface area contributed by atoms with E-state index in [1.807, 2.05) is 0 Å². The van der Waals surface area contributed by atoms with Crippen molar-refractivity contribution in [3.8, 4) is 0 Å². The van der Waals surface area contributed by atoms with Crippen molar-refractivity contribution in [2.75, 3.05) is 27.2 Å². The van der Waals surface area contributed by atoms with Crippen molar-refractivity contribution in [1.82, 2.24) is 0 Å². The molecule has 0 N–H and O–H groups in total. The van der Waals surface area contributed by atoms with Crippen LogP contribution in [0.2, 0.25) is 0 Å². The second-order valence-corrected chi connectivity index (χ2v) is 12.6. The summed E-state index contributed by atoms with van der Waals surface area (Å²) in [6, 6.07) is 0. The summed E-state index contributed by atoms with van der Waals surface area (Å²) in [5, 5.41) is 0. The first kappa shape index (κ1) is 35.0. The van der Waals surface area contributed by atoms with E-state index in [-0.39, 0.29) is 0 Å². The molecule has 0 aromatic rings. The van der Waals surface area contributed by atoms with Crippen LogP contribution in [0.25, 0.3) is 0 Å². The molecule has 212 valence electrons. The fraction of sp³-hybridized carbons (Fsp3) is 1.00. The Balaban J connectivity index is 3.25. The second kappa shape index (κ2) is 28.5. The third-order valence-electron chi connectivity index (χ3n) is 8.23. The van der Waals surface area contributed by atoms with Crippen molar-refractivity contribution in [1.29, 1.82) is 0 Å². The van der Waals surface area contributed by atoms with E-state index < -0.39 is 0 Å². The Morgan fingerprint density at radius 3 is 0.629 bits per heavy atom. The highest BCUT2D eigenvalue weighted by molar-refractivity contribution is 4.51. The first-order valence-corrected chi connectivity index (χ1v) is 16.9. The van der Waals surface area contributed by atoms with Gasteiger partial charge in [-0.05, 0) is 25.7 Å². The zero-order valence-corrected chi connectivity index (χ0v) is 25.7. The average Bonchev–Trinajstić information content (AvgIpc) is 2.84. The molecule has 0 unspecified atom stereocenters. The van der Waals surface area contributed by atoms with Crippen LogP contribution in [-0.2, 0) is 0 Å². The summed E-state index contributed by atoms with van der Waals surface area (Å²) in [5.74, 6) is 0. The van der Waals surface area contributed by atoms with Crippen LogP contribution in [0.1, 0.15) is 194 Å². The number of rotatable bonds is 30. The van der Waals surface area contributed by atoms with E-state index >= 15 is 0 Å². The van der Waals surface area contributed by atoms with Crippen LogP contribution in [0.4, 0.5) is 0 Å². The number of hydrogen-bond donors (Lipinski definition) is 0. The molecule has 0 aliphatic rings. The standard InChI is InChI=1S/C34H72N/c1-5-7-9-11-13-15-17-18-19-20-21-22-23-24-26-28-30-32-34-35(3,4)33-31-29-27-25-16-14-12-10-8-6-2/h5-34H2,1-4H3/q+1. The van der Waals surface area contributed by atoms with Crippen LogP contribution >= 0.6 is 0 Å². The fourth-order valence-electron chi connectivity index (χ4n) is 5.58. The number of unbranched alkanes of at least 4 members (excludes halogenated alkanes) is 26. The van der Waals surface area contributed by atoms with Gasteiger partial charge in [-0.2, -0.15) is 0 Å². The summed E-state index contributed by atoms with van der Waals surface area (Å²) >= 11 is 0. The van der Waals surface area contributed by atoms with E-state index in [0.717, 1.165) is 0 Å². The molecule has 0 saturated heterocycles. The topological polar surface area (TPSA) is 0 Å². The van der Waals surface area contributed by atoms with Gasteiger partial charge in [-0.3, -0.25) is 0 Å². The molecule has 0 radical (unpaired) electrons. The van der Waals surface area contributed by atoms with Gasteiger partial charge in [0, 0.05) is 0 Å². The largest absolute Gasteiger partial charge is 0.328 e. The quantitative estimate of drug-likeness (QED) is 0.0687. The third-order valence-corrected chi connectivity index (χ3v) is 8.23. The van der Waals surface area contributed by atoms with Gasteiger partial charge < -0.3 is 4.48 Å². The SMILES string of the molecule is CCCCCCCCCCCCCCCCCCCC[N+](C)(C)CCCCCCCCCCCC. The van der Waals surface area contributed by atoms with Crippen LogP contribution in [0.3, 0.4) is 0 Å². The minimum Gasteiger partial charge on any atom is -0.328 e. The minimum absolute atomic E-state index is 1.25. The van der Waals surface area contributed by atoms with Crippen LogP contribution < -0.4 is 0 Å². The van der Waals surface area contributed by atoms with E-state index in [1.165, 1.54) is 197 Å². The molecule has 0 aliphatic carbocycles. The van der Waals surface area contributed by atoms with E-state index in [9.17, 15) is 0 Å². The predicted molar refractivity (Wildman–Crippen MR) is 162 cm³/mol. The molecule has 0 amide bonds. The van der Waals surface area contributed by atoms with Gasteiger partial charge >= 0.3 is 0 Å². The molecule has 0 fully saturated rings. The Labute approximate surface area is 225 Å². The highest BCUT2D eigenvalue weighted by atomic mass is 15.3. The van der Waals surface area contributed by atoms with E-state index in [4.69, 9.17) is 0 Å². The summed E-state index contributed by atoms with van der Waals surface area (Å²) in [4.78, 5) is 0. The van der Waals surface area contributed by atoms with E-state index in [2.05, 4.69) is 27.9 Å². The van der Waals surface area contributed by atoms with Crippen LogP contribution in [0, 0.1) is 0 Å². The average molecular weight is 495 g/mol. The Hall–Kier alpha value is -0.0400. The lowest BCUT2D eigenvalue weighted by Gasteiger charge is -2.30. The van der Waals surface area contributed by atoms with Crippen molar-refractivity contribution in [2.24, 2.45) is 0 Å². The van der Waals surface area contributed by atoms with Gasteiger partial charge in [-0.15, -0.1) is 0 Å². The first-order chi connectivity index (χ1) is 17.1. The van der Waals surface area contributed by atoms with Gasteiger partial charge in [0.2, 0.25) is 0 Å². The molecule has 35 heavy (non-hydrogen) atoms. The lowest BCUT2D eigenvalue weighted by Crippen LogP contribution is -2.41. The fourth-order valence-corrected chi connectivity index (χ4v) is 5.58. The summed E-state index contributed by atoms with van der Waals surface area (Å²) in [6.45, 7) is 7.38. The van der Waals surface area contributed by atoms with Crippen molar-refractivity contribution in [2.45, 2.75) is 194 Å². The van der Waals surface area contributed by atoms with Crippen LogP contribution in [-0.4, -0.2) is 31.7 Å². The second-order valence-electron chi connectivity index (χ2n) is 12.6. The number of quaternary nitrogens is 1. The normalized spacial score (nSPS) is 12.0. The zero-order chi connectivity index (χ0) is 25.7. The Kier molecular flexibility index (Phi) is 28.5. The minimum atomic E-state index is 1.25. The maximum atomic E-state index is 2.46. The van der Waals surface area contributed by atoms with Gasteiger partial charge in [0.05, 0.1) is 27.2 Å². The molecule has 1 heteroatoms. The molecule has 0 aromatic heterocycles.